The molecule has 0 N–H and O–H groups in total. The van der Waals surface area contributed by atoms with Gasteiger partial charge < -0.3 is 4.90 Å². The summed E-state index contributed by atoms with van der Waals surface area (Å²) in [7, 11) is 1.74. The quantitative estimate of drug-likeness (QED) is 0.783. The van der Waals surface area contributed by atoms with Gasteiger partial charge in [-0.25, -0.2) is 4.39 Å². The fraction of sp³-hybridized carbons (Fsp3) is 0.462. The summed E-state index contributed by atoms with van der Waals surface area (Å²) in [6.07, 6.45) is 0.0968. The van der Waals surface area contributed by atoms with Crippen molar-refractivity contribution < 1.29 is 9.18 Å². The van der Waals surface area contributed by atoms with E-state index in [9.17, 15) is 9.18 Å². The van der Waals surface area contributed by atoms with E-state index in [0.717, 1.165) is 0 Å². The average Bonchev–Trinajstić information content (AvgIpc) is 2.31. The lowest BCUT2D eigenvalue weighted by Gasteiger charge is -2.34. The highest BCUT2D eigenvalue weighted by molar-refractivity contribution is 9.09. The zero-order chi connectivity index (χ0) is 13.1. The summed E-state index contributed by atoms with van der Waals surface area (Å²) >= 11 is 3.37. The Kier molecular flexibility index (Phi) is 4.69. The molecule has 0 spiro atoms. The minimum atomic E-state index is -0.328. The van der Waals surface area contributed by atoms with Crippen LogP contribution in [0.4, 0.5) is 4.39 Å². The van der Waals surface area contributed by atoms with Crippen molar-refractivity contribution in [3.63, 3.8) is 0 Å². The first kappa shape index (κ1) is 14.2. The highest BCUT2D eigenvalue weighted by atomic mass is 79.9. The van der Waals surface area contributed by atoms with Crippen molar-refractivity contribution in [2.24, 2.45) is 0 Å². The molecule has 1 rings (SSSR count). The molecule has 0 aliphatic carbocycles. The van der Waals surface area contributed by atoms with E-state index < -0.39 is 0 Å². The fourth-order valence-electron chi connectivity index (χ4n) is 1.35. The van der Waals surface area contributed by atoms with Gasteiger partial charge in [-0.15, -0.1) is 0 Å². The Balaban J connectivity index is 2.77. The second kappa shape index (κ2) is 5.63. The molecule has 0 saturated carbocycles. The lowest BCUT2D eigenvalue weighted by Crippen LogP contribution is -2.47. The third-order valence-electron chi connectivity index (χ3n) is 2.91. The van der Waals surface area contributed by atoms with Crippen LogP contribution in [0, 0.1) is 5.82 Å². The predicted molar refractivity (Wildman–Crippen MR) is 70.7 cm³/mol. The highest BCUT2D eigenvalue weighted by Crippen LogP contribution is 2.17. The average molecular weight is 302 g/mol. The van der Waals surface area contributed by atoms with Gasteiger partial charge in [0.2, 0.25) is 5.91 Å². The normalized spacial score (nSPS) is 11.4. The molecular formula is C13H17BrFNO. The summed E-state index contributed by atoms with van der Waals surface area (Å²) < 4.78 is 13.4. The van der Waals surface area contributed by atoms with Gasteiger partial charge in [0, 0.05) is 17.9 Å². The van der Waals surface area contributed by atoms with Crippen LogP contribution in [-0.4, -0.2) is 28.7 Å². The maximum atomic E-state index is 13.4. The van der Waals surface area contributed by atoms with Crippen molar-refractivity contribution in [3.05, 3.63) is 35.6 Å². The topological polar surface area (TPSA) is 20.3 Å². The molecule has 0 aliphatic heterocycles. The predicted octanol–water partition coefficient (Wildman–Crippen LogP) is 3.00. The number of hydrogen-bond donors (Lipinski definition) is 0. The zero-order valence-corrected chi connectivity index (χ0v) is 11.9. The Morgan fingerprint density at radius 2 is 2.00 bits per heavy atom. The summed E-state index contributed by atoms with van der Waals surface area (Å²) in [5.41, 5.74) is 0.164. The maximum Gasteiger partial charge on any atom is 0.227 e. The van der Waals surface area contributed by atoms with E-state index in [-0.39, 0.29) is 23.7 Å². The Bertz CT molecular complexity index is 406. The molecule has 0 radical (unpaired) electrons. The van der Waals surface area contributed by atoms with Crippen molar-refractivity contribution in [1.82, 2.24) is 4.90 Å². The van der Waals surface area contributed by atoms with Crippen LogP contribution in [0.25, 0.3) is 0 Å². The molecule has 0 heterocycles. The molecule has 1 aromatic rings. The molecular weight excluding hydrogens is 285 g/mol. The number of halogens is 2. The Morgan fingerprint density at radius 3 is 2.53 bits per heavy atom. The SMILES string of the molecule is CN(C(=O)Cc1ccccc1F)C(C)(C)CBr. The van der Waals surface area contributed by atoms with Crippen LogP contribution in [-0.2, 0) is 11.2 Å². The first-order chi connectivity index (χ1) is 7.88. The Morgan fingerprint density at radius 1 is 1.41 bits per heavy atom. The molecule has 17 heavy (non-hydrogen) atoms. The summed E-state index contributed by atoms with van der Waals surface area (Å²) in [5, 5.41) is 0.680. The first-order valence-electron chi connectivity index (χ1n) is 5.44. The van der Waals surface area contributed by atoms with Crippen molar-refractivity contribution in [2.75, 3.05) is 12.4 Å². The van der Waals surface area contributed by atoms with Crippen LogP contribution in [0.2, 0.25) is 0 Å². The number of likely N-dealkylation sites (N-methyl/N-ethyl adjacent to an activating group) is 1. The molecule has 0 bridgehead atoms. The zero-order valence-electron chi connectivity index (χ0n) is 10.3. The summed E-state index contributed by atoms with van der Waals surface area (Å²) in [4.78, 5) is 13.7. The van der Waals surface area contributed by atoms with Crippen molar-refractivity contribution in [1.29, 1.82) is 0 Å². The van der Waals surface area contributed by atoms with Gasteiger partial charge in [-0.3, -0.25) is 4.79 Å². The number of carbonyl (C=O) groups is 1. The number of amides is 1. The van der Waals surface area contributed by atoms with Gasteiger partial charge in [-0.2, -0.15) is 0 Å². The molecule has 2 nitrogen and oxygen atoms in total. The molecule has 0 aromatic heterocycles. The largest absolute Gasteiger partial charge is 0.340 e. The second-order valence-electron chi connectivity index (χ2n) is 4.67. The van der Waals surface area contributed by atoms with E-state index in [4.69, 9.17) is 0 Å². The molecule has 0 aliphatic rings. The molecule has 1 amide bonds. The van der Waals surface area contributed by atoms with E-state index in [2.05, 4.69) is 15.9 Å². The van der Waals surface area contributed by atoms with Gasteiger partial charge >= 0.3 is 0 Å². The van der Waals surface area contributed by atoms with Crippen LogP contribution in [0.15, 0.2) is 24.3 Å². The summed E-state index contributed by atoms with van der Waals surface area (Å²) in [5.74, 6) is -0.412. The van der Waals surface area contributed by atoms with Gasteiger partial charge in [0.15, 0.2) is 0 Å². The van der Waals surface area contributed by atoms with E-state index in [1.165, 1.54) is 6.07 Å². The number of carbonyl (C=O) groups excluding carboxylic acids is 1. The van der Waals surface area contributed by atoms with Crippen LogP contribution in [0.5, 0.6) is 0 Å². The standard InChI is InChI=1S/C13H17BrFNO/c1-13(2,9-14)16(3)12(17)8-10-6-4-5-7-11(10)15/h4-7H,8-9H2,1-3H3. The summed E-state index contributed by atoms with van der Waals surface area (Å²) in [6.45, 7) is 3.92. The van der Waals surface area contributed by atoms with Crippen molar-refractivity contribution >= 4 is 21.8 Å². The molecule has 94 valence electrons. The number of rotatable bonds is 4. The van der Waals surface area contributed by atoms with E-state index >= 15 is 0 Å². The van der Waals surface area contributed by atoms with E-state index in [1.54, 1.807) is 30.1 Å². The second-order valence-corrected chi connectivity index (χ2v) is 5.23. The van der Waals surface area contributed by atoms with Gasteiger partial charge in [0.1, 0.15) is 5.82 Å². The van der Waals surface area contributed by atoms with Crippen LogP contribution in [0.3, 0.4) is 0 Å². The fourth-order valence-corrected chi connectivity index (χ4v) is 1.73. The lowest BCUT2D eigenvalue weighted by atomic mass is 10.0. The van der Waals surface area contributed by atoms with Crippen molar-refractivity contribution in [2.45, 2.75) is 25.8 Å². The number of hydrogen-bond acceptors (Lipinski definition) is 1. The molecule has 0 unspecified atom stereocenters. The smallest absolute Gasteiger partial charge is 0.227 e. The monoisotopic (exact) mass is 301 g/mol. The van der Waals surface area contributed by atoms with Crippen LogP contribution in [0.1, 0.15) is 19.4 Å². The number of nitrogens with zero attached hydrogens (tertiary/aromatic N) is 1. The minimum absolute atomic E-state index is 0.0837. The number of benzene rings is 1. The van der Waals surface area contributed by atoms with Gasteiger partial charge in [0.05, 0.1) is 6.42 Å². The molecule has 4 heteroatoms. The number of alkyl halides is 1. The van der Waals surface area contributed by atoms with Gasteiger partial charge in [-0.1, -0.05) is 34.1 Å². The van der Waals surface area contributed by atoms with Gasteiger partial charge in [0.25, 0.3) is 0 Å². The molecule has 0 fully saturated rings. The lowest BCUT2D eigenvalue weighted by molar-refractivity contribution is -0.133. The molecule has 0 saturated heterocycles. The van der Waals surface area contributed by atoms with Gasteiger partial charge in [-0.05, 0) is 25.5 Å². The van der Waals surface area contributed by atoms with E-state index in [1.807, 2.05) is 13.8 Å². The van der Waals surface area contributed by atoms with E-state index in [0.29, 0.717) is 10.9 Å². The maximum absolute atomic E-state index is 13.4. The minimum Gasteiger partial charge on any atom is -0.340 e. The first-order valence-corrected chi connectivity index (χ1v) is 6.56. The van der Waals surface area contributed by atoms with Crippen LogP contribution >= 0.6 is 15.9 Å². The summed E-state index contributed by atoms with van der Waals surface area (Å²) in [6, 6.07) is 6.37. The molecule has 1 aromatic carbocycles. The highest BCUT2D eigenvalue weighted by Gasteiger charge is 2.26. The third kappa shape index (κ3) is 3.53. The Labute approximate surface area is 110 Å². The molecule has 0 atom stereocenters. The van der Waals surface area contributed by atoms with Crippen LogP contribution < -0.4 is 0 Å². The third-order valence-corrected chi connectivity index (χ3v) is 4.28. The Hall–Kier alpha value is -0.900. The van der Waals surface area contributed by atoms with Crippen molar-refractivity contribution in [3.8, 4) is 0 Å².